The quantitative estimate of drug-likeness (QED) is 0.807. The second kappa shape index (κ2) is 8.59. The van der Waals surface area contributed by atoms with Gasteiger partial charge in [-0.3, -0.25) is 4.90 Å². The van der Waals surface area contributed by atoms with Crippen LogP contribution >= 0.6 is 0 Å². The van der Waals surface area contributed by atoms with E-state index in [0.717, 1.165) is 18.2 Å². The highest BCUT2D eigenvalue weighted by atomic mass is 16.5. The topological polar surface area (TPSA) is 19.0 Å². The largest absolute Gasteiger partial charge is 0.497 e. The normalized spacial score (nSPS) is 23.0. The molecule has 0 radical (unpaired) electrons. The zero-order valence-corrected chi connectivity index (χ0v) is 16.9. The van der Waals surface area contributed by atoms with Gasteiger partial charge in [0, 0.05) is 45.8 Å². The number of hydrogen-bond donors (Lipinski definition) is 0. The minimum Gasteiger partial charge on any atom is -0.497 e. The molecule has 2 saturated heterocycles. The summed E-state index contributed by atoms with van der Waals surface area (Å²) in [6.07, 6.45) is 2.73. The molecule has 1 unspecified atom stereocenters. The van der Waals surface area contributed by atoms with Gasteiger partial charge in [0.25, 0.3) is 0 Å². The molecule has 2 aromatic rings. The van der Waals surface area contributed by atoms with Crippen molar-refractivity contribution in [1.82, 2.24) is 14.7 Å². The molecule has 27 heavy (non-hydrogen) atoms. The molecular weight excluding hydrogens is 334 g/mol. The van der Waals surface area contributed by atoms with E-state index in [1.165, 1.54) is 75.0 Å². The zero-order valence-electron chi connectivity index (χ0n) is 16.9. The first-order chi connectivity index (χ1) is 13.2. The van der Waals surface area contributed by atoms with E-state index in [1.54, 1.807) is 7.11 Å². The fourth-order valence-electron chi connectivity index (χ4n) is 4.60. The van der Waals surface area contributed by atoms with E-state index in [-0.39, 0.29) is 0 Å². The number of nitrogens with zero attached hydrogens (tertiary/aromatic N) is 3. The van der Waals surface area contributed by atoms with Gasteiger partial charge in [-0.1, -0.05) is 18.2 Å². The number of rotatable bonds is 5. The van der Waals surface area contributed by atoms with E-state index in [4.69, 9.17) is 4.74 Å². The van der Waals surface area contributed by atoms with Crippen LogP contribution in [-0.4, -0.2) is 74.7 Å². The first-order valence-corrected chi connectivity index (χ1v) is 10.4. The molecule has 4 heteroatoms. The van der Waals surface area contributed by atoms with Crippen LogP contribution in [0.15, 0.2) is 36.4 Å². The first-order valence-electron chi connectivity index (χ1n) is 10.4. The lowest BCUT2D eigenvalue weighted by atomic mass is 9.96. The van der Waals surface area contributed by atoms with Crippen LogP contribution in [0.1, 0.15) is 18.4 Å². The Morgan fingerprint density at radius 2 is 1.70 bits per heavy atom. The van der Waals surface area contributed by atoms with Crippen LogP contribution < -0.4 is 4.74 Å². The number of fused-ring (bicyclic) bond motifs is 1. The average molecular weight is 368 g/mol. The van der Waals surface area contributed by atoms with Crippen molar-refractivity contribution in [2.24, 2.45) is 5.92 Å². The van der Waals surface area contributed by atoms with E-state index in [1.807, 2.05) is 0 Å². The Hall–Kier alpha value is -1.62. The van der Waals surface area contributed by atoms with Gasteiger partial charge in [-0.15, -0.1) is 0 Å². The number of benzene rings is 2. The lowest BCUT2D eigenvalue weighted by Crippen LogP contribution is -2.48. The van der Waals surface area contributed by atoms with E-state index in [2.05, 4.69) is 58.1 Å². The van der Waals surface area contributed by atoms with Gasteiger partial charge in [0.05, 0.1) is 7.11 Å². The standard InChI is InChI=1S/C23H33N3O/c1-24-10-12-25(13-11-24)17-20-4-3-9-26(18-20)16-19-5-6-22-15-23(27-2)8-7-21(22)14-19/h5-8,14-15,20H,3-4,9-13,16-18H2,1-2H3. The molecular formula is C23H33N3O. The van der Waals surface area contributed by atoms with Gasteiger partial charge >= 0.3 is 0 Å². The van der Waals surface area contributed by atoms with E-state index in [0.29, 0.717) is 0 Å². The second-order valence-electron chi connectivity index (χ2n) is 8.39. The minimum atomic E-state index is 0.826. The van der Waals surface area contributed by atoms with Crippen molar-refractivity contribution in [3.8, 4) is 5.75 Å². The summed E-state index contributed by atoms with van der Waals surface area (Å²) in [7, 11) is 3.96. The summed E-state index contributed by atoms with van der Waals surface area (Å²) >= 11 is 0. The third kappa shape index (κ3) is 4.81. The molecule has 1 atom stereocenters. The number of methoxy groups -OCH3 is 1. The van der Waals surface area contributed by atoms with Gasteiger partial charge in [0.1, 0.15) is 5.75 Å². The summed E-state index contributed by atoms with van der Waals surface area (Å²) < 4.78 is 5.34. The Bertz CT molecular complexity index is 754. The van der Waals surface area contributed by atoms with Crippen LogP contribution in [0.25, 0.3) is 10.8 Å². The van der Waals surface area contributed by atoms with Crippen LogP contribution in [0.3, 0.4) is 0 Å². The second-order valence-corrected chi connectivity index (χ2v) is 8.39. The van der Waals surface area contributed by atoms with Crippen molar-refractivity contribution in [2.75, 3.05) is 60.0 Å². The average Bonchev–Trinajstić information content (AvgIpc) is 2.69. The molecule has 4 nitrogen and oxygen atoms in total. The summed E-state index contributed by atoms with van der Waals surface area (Å²) in [4.78, 5) is 7.78. The highest BCUT2D eigenvalue weighted by Gasteiger charge is 2.23. The molecule has 0 saturated carbocycles. The maximum Gasteiger partial charge on any atom is 0.119 e. The summed E-state index contributed by atoms with van der Waals surface area (Å²) in [5.41, 5.74) is 1.42. The van der Waals surface area contributed by atoms with Gasteiger partial charge in [-0.2, -0.15) is 0 Å². The molecule has 0 bridgehead atoms. The van der Waals surface area contributed by atoms with E-state index in [9.17, 15) is 0 Å². The highest BCUT2D eigenvalue weighted by Crippen LogP contribution is 2.24. The first kappa shape index (κ1) is 18.7. The molecule has 2 aliphatic rings. The third-order valence-electron chi connectivity index (χ3n) is 6.23. The lowest BCUT2D eigenvalue weighted by molar-refractivity contribution is 0.0966. The number of likely N-dealkylation sites (N-methyl/N-ethyl adjacent to an activating group) is 1. The fourth-order valence-corrected chi connectivity index (χ4v) is 4.60. The molecule has 0 aromatic heterocycles. The Morgan fingerprint density at radius 3 is 2.52 bits per heavy atom. The zero-order chi connectivity index (χ0) is 18.6. The third-order valence-corrected chi connectivity index (χ3v) is 6.23. The molecule has 2 aliphatic heterocycles. The molecule has 2 fully saturated rings. The molecule has 0 spiro atoms. The van der Waals surface area contributed by atoms with E-state index < -0.39 is 0 Å². The fraction of sp³-hybridized carbons (Fsp3) is 0.565. The molecule has 0 N–H and O–H groups in total. The van der Waals surface area contributed by atoms with Crippen molar-refractivity contribution in [1.29, 1.82) is 0 Å². The summed E-state index contributed by atoms with van der Waals surface area (Å²) in [5, 5.41) is 2.56. The van der Waals surface area contributed by atoms with Crippen LogP contribution in [0.5, 0.6) is 5.75 Å². The van der Waals surface area contributed by atoms with Gasteiger partial charge in [0.2, 0.25) is 0 Å². The maximum absolute atomic E-state index is 5.34. The highest BCUT2D eigenvalue weighted by molar-refractivity contribution is 5.84. The van der Waals surface area contributed by atoms with Crippen molar-refractivity contribution >= 4 is 10.8 Å². The molecule has 2 heterocycles. The van der Waals surface area contributed by atoms with Crippen LogP contribution in [0.2, 0.25) is 0 Å². The SMILES string of the molecule is COc1ccc2cc(CN3CCCC(CN4CCN(C)CC4)C3)ccc2c1. The maximum atomic E-state index is 5.34. The lowest BCUT2D eigenvalue weighted by Gasteiger charge is -2.38. The van der Waals surface area contributed by atoms with Gasteiger partial charge in [-0.05, 0) is 66.9 Å². The number of hydrogen-bond acceptors (Lipinski definition) is 4. The Labute approximate surface area is 163 Å². The smallest absolute Gasteiger partial charge is 0.119 e. The van der Waals surface area contributed by atoms with Crippen molar-refractivity contribution in [3.05, 3.63) is 42.0 Å². The van der Waals surface area contributed by atoms with Gasteiger partial charge in [0.15, 0.2) is 0 Å². The molecule has 0 amide bonds. The number of ether oxygens (including phenoxy) is 1. The van der Waals surface area contributed by atoms with Crippen molar-refractivity contribution in [2.45, 2.75) is 19.4 Å². The van der Waals surface area contributed by atoms with E-state index >= 15 is 0 Å². The predicted octanol–water partition coefficient (Wildman–Crippen LogP) is 3.31. The Balaban J connectivity index is 1.35. The van der Waals surface area contributed by atoms with Crippen molar-refractivity contribution in [3.63, 3.8) is 0 Å². The minimum absolute atomic E-state index is 0.826. The Kier molecular flexibility index (Phi) is 5.96. The monoisotopic (exact) mass is 367 g/mol. The number of piperazine rings is 1. The molecule has 146 valence electrons. The van der Waals surface area contributed by atoms with Gasteiger partial charge in [-0.25, -0.2) is 0 Å². The number of likely N-dealkylation sites (tertiary alicyclic amines) is 1. The molecule has 2 aromatic carbocycles. The van der Waals surface area contributed by atoms with Crippen LogP contribution in [0.4, 0.5) is 0 Å². The summed E-state index contributed by atoms with van der Waals surface area (Å²) in [5.74, 6) is 1.75. The summed E-state index contributed by atoms with van der Waals surface area (Å²) in [6.45, 7) is 9.74. The summed E-state index contributed by atoms with van der Waals surface area (Å²) in [6, 6.07) is 13.2. The van der Waals surface area contributed by atoms with Crippen molar-refractivity contribution < 1.29 is 4.74 Å². The molecule has 0 aliphatic carbocycles. The number of piperidine rings is 1. The predicted molar refractivity (Wildman–Crippen MR) is 112 cm³/mol. The molecule has 4 rings (SSSR count). The Morgan fingerprint density at radius 1 is 0.926 bits per heavy atom. The van der Waals surface area contributed by atoms with Crippen LogP contribution in [-0.2, 0) is 6.54 Å². The van der Waals surface area contributed by atoms with Crippen LogP contribution in [0, 0.1) is 5.92 Å². The van der Waals surface area contributed by atoms with Gasteiger partial charge < -0.3 is 14.5 Å².